The molecule has 0 spiro atoms. The van der Waals surface area contributed by atoms with E-state index in [0.29, 0.717) is 11.3 Å². The van der Waals surface area contributed by atoms with Crippen molar-refractivity contribution in [2.45, 2.75) is 26.4 Å². The summed E-state index contributed by atoms with van der Waals surface area (Å²) in [5.74, 6) is -0.748. The van der Waals surface area contributed by atoms with Crippen molar-refractivity contribution in [3.05, 3.63) is 65.5 Å². The van der Waals surface area contributed by atoms with Crippen LogP contribution in [0.4, 0.5) is 4.39 Å². The molecule has 23 heavy (non-hydrogen) atoms. The summed E-state index contributed by atoms with van der Waals surface area (Å²) in [7, 11) is 0. The monoisotopic (exact) mass is 314 g/mol. The Morgan fingerprint density at radius 1 is 1.04 bits per heavy atom. The zero-order valence-electron chi connectivity index (χ0n) is 13.3. The van der Waals surface area contributed by atoms with E-state index in [1.54, 1.807) is 30.3 Å². The van der Waals surface area contributed by atoms with E-state index < -0.39 is 11.8 Å². The molecule has 0 atom stereocenters. The molecule has 1 N–H and O–H groups in total. The number of carboxylic acid groups (broad SMARTS) is 1. The molecule has 0 amide bonds. The molecule has 0 bridgehead atoms. The summed E-state index contributed by atoms with van der Waals surface area (Å²) in [5.41, 5.74) is 0.994. The Hall–Kier alpha value is -2.62. The summed E-state index contributed by atoms with van der Waals surface area (Å²) >= 11 is 0. The van der Waals surface area contributed by atoms with Crippen molar-refractivity contribution in [1.82, 2.24) is 0 Å². The van der Waals surface area contributed by atoms with Gasteiger partial charge in [-0.25, -0.2) is 9.18 Å². The zero-order chi connectivity index (χ0) is 17.0. The summed E-state index contributed by atoms with van der Waals surface area (Å²) < 4.78 is 18.7. The van der Waals surface area contributed by atoms with Gasteiger partial charge < -0.3 is 9.84 Å². The van der Waals surface area contributed by atoms with Crippen LogP contribution >= 0.6 is 0 Å². The van der Waals surface area contributed by atoms with Gasteiger partial charge in [0.25, 0.3) is 0 Å². The smallest absolute Gasteiger partial charge is 0.336 e. The lowest BCUT2D eigenvalue weighted by Crippen LogP contribution is -2.22. The summed E-state index contributed by atoms with van der Waals surface area (Å²) in [5, 5.41) is 9.38. The maximum absolute atomic E-state index is 13.0. The van der Waals surface area contributed by atoms with E-state index in [-0.39, 0.29) is 11.2 Å². The van der Waals surface area contributed by atoms with Crippen LogP contribution in [0.25, 0.3) is 11.6 Å². The van der Waals surface area contributed by atoms with E-state index in [9.17, 15) is 14.3 Å². The van der Waals surface area contributed by atoms with Gasteiger partial charge in [-0.1, -0.05) is 24.3 Å². The lowest BCUT2D eigenvalue weighted by molar-refractivity contribution is -0.130. The maximum atomic E-state index is 13.0. The quantitative estimate of drug-likeness (QED) is 0.661. The van der Waals surface area contributed by atoms with Crippen LogP contribution in [0.2, 0.25) is 0 Å². The fraction of sp³-hybridized carbons (Fsp3) is 0.211. The van der Waals surface area contributed by atoms with Crippen molar-refractivity contribution in [1.29, 1.82) is 0 Å². The van der Waals surface area contributed by atoms with E-state index in [0.717, 1.165) is 5.56 Å². The highest BCUT2D eigenvalue weighted by Gasteiger charge is 2.12. The molecule has 0 saturated heterocycles. The molecule has 0 radical (unpaired) electrons. The summed E-state index contributed by atoms with van der Waals surface area (Å²) in [4.78, 5) is 11.5. The van der Waals surface area contributed by atoms with Crippen LogP contribution in [0, 0.1) is 5.82 Å². The maximum Gasteiger partial charge on any atom is 0.336 e. The molecule has 120 valence electrons. The Labute approximate surface area is 135 Å². The number of ether oxygens (including phenoxy) is 1. The highest BCUT2D eigenvalue weighted by atomic mass is 19.1. The van der Waals surface area contributed by atoms with Crippen molar-refractivity contribution < 1.29 is 19.0 Å². The van der Waals surface area contributed by atoms with Gasteiger partial charge in [-0.2, -0.15) is 0 Å². The number of carbonyl (C=O) groups is 1. The summed E-state index contributed by atoms with van der Waals surface area (Å²) in [6.45, 7) is 5.87. The molecule has 0 saturated carbocycles. The largest absolute Gasteiger partial charge is 0.488 e. The third-order valence-electron chi connectivity index (χ3n) is 3.00. The van der Waals surface area contributed by atoms with Crippen LogP contribution in [0.15, 0.2) is 48.5 Å². The molecule has 0 aliphatic carbocycles. The number of halogens is 1. The fourth-order valence-electron chi connectivity index (χ4n) is 2.05. The molecule has 0 unspecified atom stereocenters. The second kappa shape index (κ2) is 6.65. The van der Waals surface area contributed by atoms with Crippen molar-refractivity contribution in [2.24, 2.45) is 0 Å². The Balaban J connectivity index is 2.29. The van der Waals surface area contributed by atoms with Gasteiger partial charge in [-0.15, -0.1) is 0 Å². The van der Waals surface area contributed by atoms with Crippen LogP contribution in [0.1, 0.15) is 31.9 Å². The third-order valence-corrected chi connectivity index (χ3v) is 3.00. The number of rotatable bonds is 4. The van der Waals surface area contributed by atoms with Crippen molar-refractivity contribution in [2.75, 3.05) is 0 Å². The summed E-state index contributed by atoms with van der Waals surface area (Å²) in [6, 6.07) is 12.5. The molecule has 3 nitrogen and oxygen atoms in total. The minimum atomic E-state index is -1.06. The number of aliphatic carboxylic acids is 1. The molecule has 0 fully saturated rings. The van der Waals surface area contributed by atoms with Gasteiger partial charge in [0, 0.05) is 0 Å². The van der Waals surface area contributed by atoms with Crippen molar-refractivity contribution in [3.8, 4) is 5.75 Å². The first kappa shape index (κ1) is 16.7. The third kappa shape index (κ3) is 4.95. The standard InChI is InChI=1S/C19H19FO3/c1-19(2,3)23-16-10-4-13(5-11-16)12-17(18(21)22)14-6-8-15(20)9-7-14/h4-12H,1-3H3,(H,21,22)/b17-12-. The second-order valence-corrected chi connectivity index (χ2v) is 6.15. The topological polar surface area (TPSA) is 46.5 Å². The molecule has 0 aliphatic rings. The number of benzene rings is 2. The van der Waals surface area contributed by atoms with Gasteiger partial charge in [0.15, 0.2) is 0 Å². The van der Waals surface area contributed by atoms with Gasteiger partial charge in [0.2, 0.25) is 0 Å². The average molecular weight is 314 g/mol. The lowest BCUT2D eigenvalue weighted by Gasteiger charge is -2.21. The van der Waals surface area contributed by atoms with Crippen molar-refractivity contribution in [3.63, 3.8) is 0 Å². The fourth-order valence-corrected chi connectivity index (χ4v) is 2.05. The SMILES string of the molecule is CC(C)(C)Oc1ccc(/C=C(\C(=O)O)c2ccc(F)cc2)cc1. The highest BCUT2D eigenvalue weighted by Crippen LogP contribution is 2.22. The normalized spacial score (nSPS) is 12.1. The molecular formula is C19H19FO3. The Morgan fingerprint density at radius 3 is 2.09 bits per heavy atom. The van der Waals surface area contributed by atoms with Crippen LogP contribution in [0.5, 0.6) is 5.75 Å². The molecule has 2 aromatic rings. The van der Waals surface area contributed by atoms with Gasteiger partial charge in [0.05, 0.1) is 5.57 Å². The minimum Gasteiger partial charge on any atom is -0.488 e. The first-order chi connectivity index (χ1) is 10.7. The predicted molar refractivity (Wildman–Crippen MR) is 88.7 cm³/mol. The van der Waals surface area contributed by atoms with Crippen LogP contribution in [0.3, 0.4) is 0 Å². The molecule has 2 rings (SSSR count). The average Bonchev–Trinajstić information content (AvgIpc) is 2.46. The zero-order valence-corrected chi connectivity index (χ0v) is 13.3. The molecule has 2 aromatic carbocycles. The Morgan fingerprint density at radius 2 is 1.61 bits per heavy atom. The molecule has 0 heterocycles. The molecule has 0 aromatic heterocycles. The summed E-state index contributed by atoms with van der Waals surface area (Å²) in [6.07, 6.45) is 1.55. The number of carboxylic acids is 1. The van der Waals surface area contributed by atoms with Crippen LogP contribution in [-0.2, 0) is 4.79 Å². The predicted octanol–water partition coefficient (Wildman–Crippen LogP) is 4.63. The minimum absolute atomic E-state index is 0.106. The van der Waals surface area contributed by atoms with E-state index in [4.69, 9.17) is 4.74 Å². The molecule has 4 heteroatoms. The van der Waals surface area contributed by atoms with Gasteiger partial charge in [-0.3, -0.25) is 0 Å². The Bertz CT molecular complexity index is 708. The first-order valence-electron chi connectivity index (χ1n) is 7.25. The van der Waals surface area contributed by atoms with Gasteiger partial charge >= 0.3 is 5.97 Å². The molecule has 0 aliphatic heterocycles. The van der Waals surface area contributed by atoms with E-state index >= 15 is 0 Å². The second-order valence-electron chi connectivity index (χ2n) is 6.15. The number of hydrogen-bond donors (Lipinski definition) is 1. The first-order valence-corrected chi connectivity index (χ1v) is 7.25. The Kier molecular flexibility index (Phi) is 4.84. The van der Waals surface area contributed by atoms with Crippen LogP contribution < -0.4 is 4.74 Å². The van der Waals surface area contributed by atoms with E-state index in [2.05, 4.69) is 0 Å². The van der Waals surface area contributed by atoms with E-state index in [1.807, 2.05) is 20.8 Å². The lowest BCUT2D eigenvalue weighted by atomic mass is 10.0. The highest BCUT2D eigenvalue weighted by molar-refractivity contribution is 6.20. The van der Waals surface area contributed by atoms with Gasteiger partial charge in [-0.05, 0) is 62.2 Å². The van der Waals surface area contributed by atoms with Gasteiger partial charge in [0.1, 0.15) is 17.2 Å². The molecular weight excluding hydrogens is 295 g/mol. The number of hydrogen-bond acceptors (Lipinski definition) is 2. The van der Waals surface area contributed by atoms with E-state index in [1.165, 1.54) is 24.3 Å². The van der Waals surface area contributed by atoms with Crippen LogP contribution in [-0.4, -0.2) is 16.7 Å². The van der Waals surface area contributed by atoms with Crippen molar-refractivity contribution >= 4 is 17.6 Å².